The molecule has 2 aromatic heterocycles. The summed E-state index contributed by atoms with van der Waals surface area (Å²) in [5.74, 6) is -0.245. The molecule has 0 aromatic carbocycles. The van der Waals surface area contributed by atoms with E-state index in [0.717, 1.165) is 0 Å². The maximum Gasteiger partial charge on any atom is 0.341 e. The van der Waals surface area contributed by atoms with Crippen molar-refractivity contribution in [3.05, 3.63) is 40.2 Å². The molecular weight excluding hydrogens is 276 g/mol. The molecule has 21 heavy (non-hydrogen) atoms. The molecule has 0 saturated carbocycles. The molecule has 2 aromatic rings. The smallest absolute Gasteiger partial charge is 0.341 e. The number of carbonyl (C=O) groups is 2. The van der Waals surface area contributed by atoms with E-state index in [1.165, 1.54) is 6.92 Å². The summed E-state index contributed by atoms with van der Waals surface area (Å²) in [5.41, 5.74) is 0.657. The zero-order valence-electron chi connectivity index (χ0n) is 12.2. The standard InChI is InChI=1S/C14H16N2O5/c1-6-5-10(9(4)20-6)13(17)15-8(3)12-11(14(18)19)7(2)16-21-12/h5,8H,1-4H3,(H,15,17)(H,18,19)/t8-/m1/s1. The molecular formula is C14H16N2O5. The van der Waals surface area contributed by atoms with Crippen LogP contribution in [0.5, 0.6) is 0 Å². The van der Waals surface area contributed by atoms with E-state index in [-0.39, 0.29) is 22.9 Å². The second-order valence-corrected chi connectivity index (χ2v) is 4.83. The van der Waals surface area contributed by atoms with Gasteiger partial charge in [-0.2, -0.15) is 0 Å². The lowest BCUT2D eigenvalue weighted by Crippen LogP contribution is -2.27. The Bertz CT molecular complexity index is 698. The van der Waals surface area contributed by atoms with E-state index >= 15 is 0 Å². The number of carbonyl (C=O) groups excluding carboxylic acids is 1. The van der Waals surface area contributed by atoms with Crippen molar-refractivity contribution in [2.75, 3.05) is 0 Å². The highest BCUT2D eigenvalue weighted by Gasteiger charge is 2.26. The molecule has 0 bridgehead atoms. The summed E-state index contributed by atoms with van der Waals surface area (Å²) >= 11 is 0. The molecule has 2 N–H and O–H groups in total. The Labute approximate surface area is 120 Å². The van der Waals surface area contributed by atoms with Crippen LogP contribution in [0.2, 0.25) is 0 Å². The van der Waals surface area contributed by atoms with Gasteiger partial charge in [0.05, 0.1) is 17.3 Å². The second kappa shape index (κ2) is 5.43. The summed E-state index contributed by atoms with van der Waals surface area (Å²) in [7, 11) is 0. The maximum atomic E-state index is 12.2. The summed E-state index contributed by atoms with van der Waals surface area (Å²) in [6.45, 7) is 6.60. The highest BCUT2D eigenvalue weighted by atomic mass is 16.5. The zero-order chi connectivity index (χ0) is 15.7. The van der Waals surface area contributed by atoms with Gasteiger partial charge in [-0.05, 0) is 33.8 Å². The van der Waals surface area contributed by atoms with Crippen LogP contribution in [0.4, 0.5) is 0 Å². The number of carboxylic acids is 1. The Balaban J connectivity index is 2.22. The number of amides is 1. The number of rotatable bonds is 4. The first-order chi connectivity index (χ1) is 9.81. The Morgan fingerprint density at radius 2 is 2.00 bits per heavy atom. The number of hydrogen-bond donors (Lipinski definition) is 2. The van der Waals surface area contributed by atoms with Crippen molar-refractivity contribution in [2.45, 2.75) is 33.7 Å². The largest absolute Gasteiger partial charge is 0.477 e. The predicted octanol–water partition coefficient (Wildman–Crippen LogP) is 2.38. The normalized spacial score (nSPS) is 12.2. The molecule has 7 nitrogen and oxygen atoms in total. The molecule has 1 amide bonds. The fraction of sp³-hybridized carbons (Fsp3) is 0.357. The van der Waals surface area contributed by atoms with Gasteiger partial charge in [-0.3, -0.25) is 4.79 Å². The number of nitrogens with one attached hydrogen (secondary N) is 1. The Morgan fingerprint density at radius 1 is 1.33 bits per heavy atom. The van der Waals surface area contributed by atoms with Crippen molar-refractivity contribution in [3.63, 3.8) is 0 Å². The van der Waals surface area contributed by atoms with Crippen molar-refractivity contribution >= 4 is 11.9 Å². The summed E-state index contributed by atoms with van der Waals surface area (Å²) in [6.07, 6.45) is 0. The SMILES string of the molecule is Cc1cc(C(=O)N[C@H](C)c2onc(C)c2C(=O)O)c(C)o1. The fourth-order valence-corrected chi connectivity index (χ4v) is 2.14. The van der Waals surface area contributed by atoms with Crippen LogP contribution >= 0.6 is 0 Å². The van der Waals surface area contributed by atoms with Crippen LogP contribution in [0, 0.1) is 20.8 Å². The molecule has 0 fully saturated rings. The van der Waals surface area contributed by atoms with Gasteiger partial charge in [-0.25, -0.2) is 4.79 Å². The van der Waals surface area contributed by atoms with Gasteiger partial charge in [0.1, 0.15) is 17.1 Å². The van der Waals surface area contributed by atoms with Crippen molar-refractivity contribution in [2.24, 2.45) is 0 Å². The molecule has 1 atom stereocenters. The predicted molar refractivity (Wildman–Crippen MR) is 72.3 cm³/mol. The molecule has 0 aliphatic carbocycles. The molecule has 0 saturated heterocycles. The quantitative estimate of drug-likeness (QED) is 0.896. The van der Waals surface area contributed by atoms with Gasteiger partial charge in [0.15, 0.2) is 5.76 Å². The van der Waals surface area contributed by atoms with E-state index in [1.54, 1.807) is 26.8 Å². The number of aryl methyl sites for hydroxylation is 3. The van der Waals surface area contributed by atoms with Gasteiger partial charge in [0.25, 0.3) is 5.91 Å². The third-order valence-corrected chi connectivity index (χ3v) is 3.13. The van der Waals surface area contributed by atoms with Crippen LogP contribution in [-0.4, -0.2) is 22.1 Å². The minimum absolute atomic E-state index is 0.0251. The summed E-state index contributed by atoms with van der Waals surface area (Å²) in [6, 6.07) is 1.00. The van der Waals surface area contributed by atoms with Gasteiger partial charge < -0.3 is 19.4 Å². The Morgan fingerprint density at radius 3 is 2.52 bits per heavy atom. The first kappa shape index (κ1) is 14.8. The van der Waals surface area contributed by atoms with E-state index in [4.69, 9.17) is 14.0 Å². The van der Waals surface area contributed by atoms with Gasteiger partial charge >= 0.3 is 5.97 Å². The number of aromatic nitrogens is 1. The van der Waals surface area contributed by atoms with E-state index < -0.39 is 12.0 Å². The molecule has 0 aliphatic heterocycles. The van der Waals surface area contributed by atoms with Crippen molar-refractivity contribution in [1.29, 1.82) is 0 Å². The van der Waals surface area contributed by atoms with Crippen LogP contribution in [0.3, 0.4) is 0 Å². The van der Waals surface area contributed by atoms with Gasteiger partial charge in [0, 0.05) is 0 Å². The van der Waals surface area contributed by atoms with Crippen LogP contribution in [0.1, 0.15) is 56.7 Å². The monoisotopic (exact) mass is 292 g/mol. The third-order valence-electron chi connectivity index (χ3n) is 3.13. The average molecular weight is 292 g/mol. The molecule has 0 spiro atoms. The number of aromatic carboxylic acids is 1. The lowest BCUT2D eigenvalue weighted by Gasteiger charge is -2.11. The van der Waals surface area contributed by atoms with E-state index in [1.807, 2.05) is 0 Å². The number of nitrogens with zero attached hydrogens (tertiary/aromatic N) is 1. The van der Waals surface area contributed by atoms with Crippen LogP contribution in [0.25, 0.3) is 0 Å². The molecule has 0 unspecified atom stereocenters. The van der Waals surface area contributed by atoms with Crippen molar-refractivity contribution in [1.82, 2.24) is 10.5 Å². The molecule has 2 heterocycles. The number of hydrogen-bond acceptors (Lipinski definition) is 5. The van der Waals surface area contributed by atoms with Gasteiger partial charge in [0.2, 0.25) is 0 Å². The van der Waals surface area contributed by atoms with E-state index in [2.05, 4.69) is 10.5 Å². The first-order valence-corrected chi connectivity index (χ1v) is 6.38. The van der Waals surface area contributed by atoms with Crippen LogP contribution < -0.4 is 5.32 Å². The summed E-state index contributed by atoms with van der Waals surface area (Å²) < 4.78 is 10.3. The van der Waals surface area contributed by atoms with Gasteiger partial charge in [-0.1, -0.05) is 5.16 Å². The lowest BCUT2D eigenvalue weighted by atomic mass is 10.1. The minimum Gasteiger partial charge on any atom is -0.477 e. The maximum absolute atomic E-state index is 12.2. The first-order valence-electron chi connectivity index (χ1n) is 6.38. The average Bonchev–Trinajstić information content (AvgIpc) is 2.92. The zero-order valence-corrected chi connectivity index (χ0v) is 12.2. The topological polar surface area (TPSA) is 106 Å². The minimum atomic E-state index is -1.14. The Hall–Kier alpha value is -2.57. The fourth-order valence-electron chi connectivity index (χ4n) is 2.14. The highest BCUT2D eigenvalue weighted by Crippen LogP contribution is 2.22. The van der Waals surface area contributed by atoms with Crippen LogP contribution in [-0.2, 0) is 0 Å². The van der Waals surface area contributed by atoms with Crippen molar-refractivity contribution in [3.8, 4) is 0 Å². The number of furan rings is 1. The lowest BCUT2D eigenvalue weighted by molar-refractivity contribution is 0.0690. The molecule has 2 rings (SSSR count). The van der Waals surface area contributed by atoms with E-state index in [9.17, 15) is 9.59 Å². The second-order valence-electron chi connectivity index (χ2n) is 4.83. The molecule has 7 heteroatoms. The van der Waals surface area contributed by atoms with Crippen molar-refractivity contribution < 1.29 is 23.6 Å². The summed E-state index contributed by atoms with van der Waals surface area (Å²) in [5, 5.41) is 15.5. The Kier molecular flexibility index (Phi) is 3.84. The molecule has 0 aliphatic rings. The highest BCUT2D eigenvalue weighted by molar-refractivity contribution is 5.96. The third kappa shape index (κ3) is 2.81. The van der Waals surface area contributed by atoms with E-state index in [0.29, 0.717) is 17.1 Å². The summed E-state index contributed by atoms with van der Waals surface area (Å²) in [4.78, 5) is 23.4. The van der Waals surface area contributed by atoms with Crippen LogP contribution in [0.15, 0.2) is 15.0 Å². The number of carboxylic acid groups (broad SMARTS) is 1. The van der Waals surface area contributed by atoms with Gasteiger partial charge in [-0.15, -0.1) is 0 Å². The molecule has 0 radical (unpaired) electrons. The molecule has 112 valence electrons.